The first-order valence-corrected chi connectivity index (χ1v) is 4.83. The van der Waals surface area contributed by atoms with Gasteiger partial charge in [0.2, 0.25) is 5.88 Å². The second kappa shape index (κ2) is 4.02. The van der Waals surface area contributed by atoms with Crippen LogP contribution in [0.3, 0.4) is 0 Å². The van der Waals surface area contributed by atoms with E-state index in [1.165, 1.54) is 0 Å². The number of rotatable bonds is 1. The molecule has 0 spiro atoms. The Kier molecular flexibility index (Phi) is 2.74. The second-order valence-electron chi connectivity index (χ2n) is 3.11. The molecule has 0 saturated carbocycles. The van der Waals surface area contributed by atoms with Crippen molar-refractivity contribution in [2.24, 2.45) is 0 Å². The summed E-state index contributed by atoms with van der Waals surface area (Å²) in [6.45, 7) is 3.06. The van der Waals surface area contributed by atoms with Crippen LogP contribution in [-0.4, -0.2) is 36.4 Å². The second-order valence-corrected chi connectivity index (χ2v) is 3.49. The minimum atomic E-state index is -0.0426. The summed E-state index contributed by atoms with van der Waals surface area (Å²) in [4.78, 5) is 5.80. The number of nitrogens with zero attached hydrogens (tertiary/aromatic N) is 2. The average molecular weight is 215 g/mol. The molecule has 1 aromatic heterocycles. The van der Waals surface area contributed by atoms with Gasteiger partial charge in [-0.05, 0) is 6.07 Å². The Hall–Kier alpha value is -1.00. The van der Waals surface area contributed by atoms with Crippen molar-refractivity contribution in [1.82, 2.24) is 4.98 Å². The Morgan fingerprint density at radius 2 is 2.07 bits per heavy atom. The molecular formula is C9H11ClN2O2. The van der Waals surface area contributed by atoms with Crippen molar-refractivity contribution in [3.05, 3.63) is 17.3 Å². The quantitative estimate of drug-likeness (QED) is 0.716. The summed E-state index contributed by atoms with van der Waals surface area (Å²) in [5, 5.41) is 9.58. The first-order valence-electron chi connectivity index (χ1n) is 4.45. The van der Waals surface area contributed by atoms with Crippen molar-refractivity contribution in [2.45, 2.75) is 0 Å². The van der Waals surface area contributed by atoms with E-state index in [0.29, 0.717) is 18.4 Å². The molecule has 1 aromatic rings. The van der Waals surface area contributed by atoms with Crippen LogP contribution < -0.4 is 4.90 Å². The van der Waals surface area contributed by atoms with E-state index in [2.05, 4.69) is 9.88 Å². The predicted octanol–water partition coefficient (Wildman–Crippen LogP) is 1.28. The minimum Gasteiger partial charge on any atom is -0.493 e. The maximum absolute atomic E-state index is 9.27. The highest BCUT2D eigenvalue weighted by Crippen LogP contribution is 2.23. The summed E-state index contributed by atoms with van der Waals surface area (Å²) < 4.78 is 5.23. The molecule has 76 valence electrons. The molecule has 1 fully saturated rings. The number of hydrogen-bond donors (Lipinski definition) is 1. The van der Waals surface area contributed by atoms with E-state index in [0.717, 1.165) is 18.8 Å². The zero-order chi connectivity index (χ0) is 9.97. The van der Waals surface area contributed by atoms with E-state index < -0.39 is 0 Å². The molecule has 14 heavy (non-hydrogen) atoms. The maximum atomic E-state index is 9.27. The summed E-state index contributed by atoms with van der Waals surface area (Å²) >= 11 is 5.74. The van der Waals surface area contributed by atoms with Gasteiger partial charge in [-0.2, -0.15) is 0 Å². The number of aromatic nitrogens is 1. The fourth-order valence-corrected chi connectivity index (χ4v) is 1.67. The molecule has 0 bridgehead atoms. The van der Waals surface area contributed by atoms with E-state index in [9.17, 15) is 5.11 Å². The highest BCUT2D eigenvalue weighted by molar-refractivity contribution is 6.29. The largest absolute Gasteiger partial charge is 0.493 e. The molecule has 2 rings (SSSR count). The highest BCUT2D eigenvalue weighted by atomic mass is 35.5. The van der Waals surface area contributed by atoms with Crippen molar-refractivity contribution in [3.63, 3.8) is 0 Å². The molecule has 2 heterocycles. The topological polar surface area (TPSA) is 45.6 Å². The van der Waals surface area contributed by atoms with E-state index in [1.807, 2.05) is 0 Å². The Morgan fingerprint density at radius 3 is 2.71 bits per heavy atom. The minimum absolute atomic E-state index is 0.0426. The Morgan fingerprint density at radius 1 is 1.36 bits per heavy atom. The zero-order valence-corrected chi connectivity index (χ0v) is 8.37. The van der Waals surface area contributed by atoms with Crippen LogP contribution in [0.1, 0.15) is 0 Å². The fourth-order valence-electron chi connectivity index (χ4n) is 1.47. The summed E-state index contributed by atoms with van der Waals surface area (Å²) in [7, 11) is 0. The smallest absolute Gasteiger partial charge is 0.214 e. The van der Waals surface area contributed by atoms with Gasteiger partial charge in [0.15, 0.2) is 0 Å². The molecule has 0 radical (unpaired) electrons. The Bertz CT molecular complexity index is 306. The van der Waals surface area contributed by atoms with Gasteiger partial charge in [-0.25, -0.2) is 4.98 Å². The first kappa shape index (κ1) is 9.55. The SMILES string of the molecule is Oc1cc(N2CCOCC2)cc(Cl)n1. The van der Waals surface area contributed by atoms with Gasteiger partial charge in [0.25, 0.3) is 0 Å². The van der Waals surface area contributed by atoms with Gasteiger partial charge in [-0.3, -0.25) is 0 Å². The molecule has 4 nitrogen and oxygen atoms in total. The van der Waals surface area contributed by atoms with Crippen LogP contribution >= 0.6 is 11.6 Å². The lowest BCUT2D eigenvalue weighted by atomic mass is 10.3. The number of halogens is 1. The summed E-state index contributed by atoms with van der Waals surface area (Å²) in [6.07, 6.45) is 0. The van der Waals surface area contributed by atoms with Gasteiger partial charge in [0.05, 0.1) is 13.2 Å². The van der Waals surface area contributed by atoms with Gasteiger partial charge in [0, 0.05) is 24.8 Å². The van der Waals surface area contributed by atoms with Gasteiger partial charge in [0.1, 0.15) is 5.15 Å². The number of pyridine rings is 1. The van der Waals surface area contributed by atoms with Crippen molar-refractivity contribution in [1.29, 1.82) is 0 Å². The number of morpholine rings is 1. The summed E-state index contributed by atoms with van der Waals surface area (Å²) in [6, 6.07) is 3.35. The normalized spacial score (nSPS) is 17.1. The summed E-state index contributed by atoms with van der Waals surface area (Å²) in [5.74, 6) is -0.0426. The zero-order valence-electron chi connectivity index (χ0n) is 7.61. The van der Waals surface area contributed by atoms with Crippen LogP contribution in [0, 0.1) is 0 Å². The highest BCUT2D eigenvalue weighted by Gasteiger charge is 2.12. The van der Waals surface area contributed by atoms with Crippen LogP contribution in [0.15, 0.2) is 12.1 Å². The number of aromatic hydroxyl groups is 1. The van der Waals surface area contributed by atoms with Crippen LogP contribution in [0.5, 0.6) is 5.88 Å². The first-order chi connectivity index (χ1) is 6.75. The van der Waals surface area contributed by atoms with Gasteiger partial charge in [-0.1, -0.05) is 11.6 Å². The molecule has 0 unspecified atom stereocenters. The van der Waals surface area contributed by atoms with Crippen molar-refractivity contribution >= 4 is 17.3 Å². The molecule has 0 aliphatic carbocycles. The third-order valence-electron chi connectivity index (χ3n) is 2.14. The number of hydrogen-bond acceptors (Lipinski definition) is 4. The lowest BCUT2D eigenvalue weighted by molar-refractivity contribution is 0.122. The maximum Gasteiger partial charge on any atom is 0.214 e. The lowest BCUT2D eigenvalue weighted by Gasteiger charge is -2.28. The van der Waals surface area contributed by atoms with E-state index in [-0.39, 0.29) is 5.88 Å². The number of ether oxygens (including phenoxy) is 1. The predicted molar refractivity (Wildman–Crippen MR) is 53.9 cm³/mol. The molecule has 1 N–H and O–H groups in total. The van der Waals surface area contributed by atoms with Crippen molar-refractivity contribution in [2.75, 3.05) is 31.2 Å². The molecule has 5 heteroatoms. The third-order valence-corrected chi connectivity index (χ3v) is 2.34. The van der Waals surface area contributed by atoms with Crippen LogP contribution in [0.2, 0.25) is 5.15 Å². The molecule has 0 aromatic carbocycles. The van der Waals surface area contributed by atoms with Crippen LogP contribution in [-0.2, 0) is 4.74 Å². The number of anilines is 1. The van der Waals surface area contributed by atoms with Crippen LogP contribution in [0.4, 0.5) is 5.69 Å². The Labute approximate surface area is 87.1 Å². The molecular weight excluding hydrogens is 204 g/mol. The fraction of sp³-hybridized carbons (Fsp3) is 0.444. The van der Waals surface area contributed by atoms with Crippen molar-refractivity contribution in [3.8, 4) is 5.88 Å². The molecule has 0 atom stereocenters. The van der Waals surface area contributed by atoms with Gasteiger partial charge >= 0.3 is 0 Å². The molecule has 0 amide bonds. The summed E-state index contributed by atoms with van der Waals surface area (Å²) in [5.41, 5.74) is 0.894. The Balaban J connectivity index is 2.21. The van der Waals surface area contributed by atoms with Crippen LogP contribution in [0.25, 0.3) is 0 Å². The lowest BCUT2D eigenvalue weighted by Crippen LogP contribution is -2.36. The average Bonchev–Trinajstić information content (AvgIpc) is 2.18. The molecule has 1 aliphatic heterocycles. The standard InChI is InChI=1S/C9H11ClN2O2/c10-8-5-7(6-9(13)11-8)12-1-3-14-4-2-12/h5-6H,1-4H2,(H,11,13). The van der Waals surface area contributed by atoms with Crippen molar-refractivity contribution < 1.29 is 9.84 Å². The molecule has 1 aliphatic rings. The van der Waals surface area contributed by atoms with Gasteiger partial charge in [-0.15, -0.1) is 0 Å². The third kappa shape index (κ3) is 2.08. The monoisotopic (exact) mass is 214 g/mol. The van der Waals surface area contributed by atoms with E-state index >= 15 is 0 Å². The van der Waals surface area contributed by atoms with E-state index in [4.69, 9.17) is 16.3 Å². The molecule has 1 saturated heterocycles. The van der Waals surface area contributed by atoms with Gasteiger partial charge < -0.3 is 14.7 Å². The van der Waals surface area contributed by atoms with E-state index in [1.54, 1.807) is 12.1 Å².